The average Bonchev–Trinajstić information content (AvgIpc) is 1.81. The van der Waals surface area contributed by atoms with E-state index in [1.165, 1.54) is 0 Å². The summed E-state index contributed by atoms with van der Waals surface area (Å²) in [7, 11) is 0. The summed E-state index contributed by atoms with van der Waals surface area (Å²) in [5.74, 6) is 3.07. The summed E-state index contributed by atoms with van der Waals surface area (Å²) in [6.07, 6.45) is 7.21. The maximum Gasteiger partial charge on any atom is 0.00455 e. The van der Waals surface area contributed by atoms with E-state index in [-0.39, 0.29) is 0 Å². The lowest BCUT2D eigenvalue weighted by molar-refractivity contribution is 0.798. The molecule has 0 aromatic carbocycles. The molecule has 0 aromatic rings. The van der Waals surface area contributed by atoms with Crippen LogP contribution in [0.2, 0.25) is 0 Å². The highest BCUT2D eigenvalue weighted by molar-refractivity contribution is 5.33. The SMILES string of the molecule is C#C/C(=C\C(=C)C)C(C)C. The Bertz CT molecular complexity index is 187. The van der Waals surface area contributed by atoms with Gasteiger partial charge in [-0.15, -0.1) is 6.42 Å². The van der Waals surface area contributed by atoms with Gasteiger partial charge in [0, 0.05) is 5.57 Å². The Labute approximate surface area is 63.6 Å². The van der Waals surface area contributed by atoms with Crippen molar-refractivity contribution in [3.05, 3.63) is 23.8 Å². The molecule has 0 heteroatoms. The molecule has 0 aromatic heterocycles. The van der Waals surface area contributed by atoms with Gasteiger partial charge in [-0.3, -0.25) is 0 Å². The fourth-order valence-electron chi connectivity index (χ4n) is 0.640. The van der Waals surface area contributed by atoms with Gasteiger partial charge in [-0.2, -0.15) is 0 Å². The minimum Gasteiger partial charge on any atom is -0.115 e. The Morgan fingerprint density at radius 3 is 2.20 bits per heavy atom. The van der Waals surface area contributed by atoms with Gasteiger partial charge in [0.25, 0.3) is 0 Å². The third-order valence-corrected chi connectivity index (χ3v) is 1.19. The Balaban J connectivity index is 4.38. The zero-order valence-electron chi connectivity index (χ0n) is 6.94. The predicted molar refractivity (Wildman–Crippen MR) is 46.6 cm³/mol. The highest BCUT2D eigenvalue weighted by atomic mass is 14.0. The summed E-state index contributed by atoms with van der Waals surface area (Å²) in [6.45, 7) is 9.85. The van der Waals surface area contributed by atoms with E-state index in [1.807, 2.05) is 13.0 Å². The average molecular weight is 134 g/mol. The van der Waals surface area contributed by atoms with Crippen molar-refractivity contribution in [3.8, 4) is 12.3 Å². The molecule has 0 spiro atoms. The Morgan fingerprint density at radius 2 is 2.10 bits per heavy atom. The zero-order chi connectivity index (χ0) is 8.15. The molecule has 0 bridgehead atoms. The molecule has 0 rings (SSSR count). The van der Waals surface area contributed by atoms with Gasteiger partial charge in [-0.1, -0.05) is 31.9 Å². The smallest absolute Gasteiger partial charge is 0.00455 e. The number of rotatable bonds is 2. The monoisotopic (exact) mass is 134 g/mol. The van der Waals surface area contributed by atoms with Crippen molar-refractivity contribution in [2.45, 2.75) is 20.8 Å². The summed E-state index contributed by atoms with van der Waals surface area (Å²) in [4.78, 5) is 0. The van der Waals surface area contributed by atoms with Crippen LogP contribution in [0.4, 0.5) is 0 Å². The van der Waals surface area contributed by atoms with Crippen LogP contribution in [0.15, 0.2) is 23.8 Å². The van der Waals surface area contributed by atoms with Gasteiger partial charge >= 0.3 is 0 Å². The van der Waals surface area contributed by atoms with Gasteiger partial charge in [0.15, 0.2) is 0 Å². The molecule has 0 unspecified atom stereocenters. The molecular weight excluding hydrogens is 120 g/mol. The van der Waals surface area contributed by atoms with Crippen molar-refractivity contribution in [1.29, 1.82) is 0 Å². The van der Waals surface area contributed by atoms with Crippen LogP contribution in [0.25, 0.3) is 0 Å². The molecule has 0 amide bonds. The lowest BCUT2D eigenvalue weighted by Gasteiger charge is -2.02. The molecule has 0 fully saturated rings. The quantitative estimate of drug-likeness (QED) is 0.402. The minimum atomic E-state index is 0.432. The third kappa shape index (κ3) is 3.14. The first-order valence-electron chi connectivity index (χ1n) is 3.41. The first-order chi connectivity index (χ1) is 4.57. The van der Waals surface area contributed by atoms with Gasteiger partial charge in [-0.05, 0) is 18.9 Å². The molecule has 0 N–H and O–H groups in total. The topological polar surface area (TPSA) is 0 Å². The maximum absolute atomic E-state index is 5.26. The van der Waals surface area contributed by atoms with Crippen LogP contribution in [0.1, 0.15) is 20.8 Å². The van der Waals surface area contributed by atoms with Gasteiger partial charge in [0.1, 0.15) is 0 Å². The van der Waals surface area contributed by atoms with Crippen LogP contribution in [0, 0.1) is 18.3 Å². The van der Waals surface area contributed by atoms with E-state index in [2.05, 4.69) is 26.3 Å². The molecule has 54 valence electrons. The predicted octanol–water partition coefficient (Wildman–Crippen LogP) is 2.78. The van der Waals surface area contributed by atoms with Crippen molar-refractivity contribution in [3.63, 3.8) is 0 Å². The first-order valence-corrected chi connectivity index (χ1v) is 3.41. The van der Waals surface area contributed by atoms with Crippen LogP contribution in [-0.2, 0) is 0 Å². The minimum absolute atomic E-state index is 0.432. The summed E-state index contributed by atoms with van der Waals surface area (Å²) in [6, 6.07) is 0. The number of terminal acetylenes is 1. The van der Waals surface area contributed by atoms with E-state index in [1.54, 1.807) is 0 Å². The molecule has 10 heavy (non-hydrogen) atoms. The molecule has 0 heterocycles. The van der Waals surface area contributed by atoms with Gasteiger partial charge in [0.05, 0.1) is 0 Å². The number of allylic oxidation sites excluding steroid dienone is 3. The van der Waals surface area contributed by atoms with E-state index in [4.69, 9.17) is 6.42 Å². The maximum atomic E-state index is 5.26. The van der Waals surface area contributed by atoms with E-state index in [9.17, 15) is 0 Å². The normalized spacial score (nSPS) is 11.3. The van der Waals surface area contributed by atoms with E-state index >= 15 is 0 Å². The van der Waals surface area contributed by atoms with Crippen molar-refractivity contribution < 1.29 is 0 Å². The van der Waals surface area contributed by atoms with E-state index < -0.39 is 0 Å². The van der Waals surface area contributed by atoms with Crippen LogP contribution in [-0.4, -0.2) is 0 Å². The summed E-state index contributed by atoms with van der Waals surface area (Å²) in [5, 5.41) is 0. The molecule has 0 aliphatic carbocycles. The molecule has 0 atom stereocenters. The zero-order valence-corrected chi connectivity index (χ0v) is 6.94. The Hall–Kier alpha value is -0.960. The Kier molecular flexibility index (Phi) is 3.57. The summed E-state index contributed by atoms with van der Waals surface area (Å²) >= 11 is 0. The van der Waals surface area contributed by atoms with Crippen LogP contribution >= 0.6 is 0 Å². The fourth-order valence-corrected chi connectivity index (χ4v) is 0.640. The molecule has 0 saturated heterocycles. The van der Waals surface area contributed by atoms with Gasteiger partial charge in [0.2, 0.25) is 0 Å². The molecule has 0 nitrogen and oxygen atoms in total. The van der Waals surface area contributed by atoms with Gasteiger partial charge < -0.3 is 0 Å². The van der Waals surface area contributed by atoms with E-state index in [0.717, 1.165) is 11.1 Å². The largest absolute Gasteiger partial charge is 0.115 e. The highest BCUT2D eigenvalue weighted by Crippen LogP contribution is 2.09. The van der Waals surface area contributed by atoms with Crippen molar-refractivity contribution in [1.82, 2.24) is 0 Å². The fraction of sp³-hybridized carbons (Fsp3) is 0.400. The molecule has 0 aliphatic rings. The van der Waals surface area contributed by atoms with Crippen molar-refractivity contribution in [2.75, 3.05) is 0 Å². The Morgan fingerprint density at radius 1 is 1.60 bits per heavy atom. The van der Waals surface area contributed by atoms with Gasteiger partial charge in [-0.25, -0.2) is 0 Å². The second kappa shape index (κ2) is 3.95. The summed E-state index contributed by atoms with van der Waals surface area (Å²) < 4.78 is 0. The lowest BCUT2D eigenvalue weighted by atomic mass is 10.0. The van der Waals surface area contributed by atoms with Crippen molar-refractivity contribution >= 4 is 0 Å². The van der Waals surface area contributed by atoms with Crippen LogP contribution in [0.3, 0.4) is 0 Å². The van der Waals surface area contributed by atoms with Crippen molar-refractivity contribution in [2.24, 2.45) is 5.92 Å². The first kappa shape index (κ1) is 9.04. The molecule has 0 radical (unpaired) electrons. The van der Waals surface area contributed by atoms with E-state index in [0.29, 0.717) is 5.92 Å². The molecular formula is C10H14. The number of hydrogen-bond acceptors (Lipinski definition) is 0. The summed E-state index contributed by atoms with van der Waals surface area (Å²) in [5.41, 5.74) is 2.04. The second-order valence-corrected chi connectivity index (χ2v) is 2.75. The molecule has 0 aliphatic heterocycles. The standard InChI is InChI=1S/C10H14/c1-6-10(9(4)5)7-8(2)3/h1,7,9H,2H2,3-5H3/b10-7+. The lowest BCUT2D eigenvalue weighted by Crippen LogP contribution is -1.90. The highest BCUT2D eigenvalue weighted by Gasteiger charge is 1.97. The van der Waals surface area contributed by atoms with Crippen LogP contribution < -0.4 is 0 Å². The third-order valence-electron chi connectivity index (χ3n) is 1.19. The van der Waals surface area contributed by atoms with Crippen LogP contribution in [0.5, 0.6) is 0 Å². The number of hydrogen-bond donors (Lipinski definition) is 0. The second-order valence-electron chi connectivity index (χ2n) is 2.75. The molecule has 0 saturated carbocycles.